The van der Waals surface area contributed by atoms with Gasteiger partial charge in [-0.25, -0.2) is 14.6 Å². The highest BCUT2D eigenvalue weighted by molar-refractivity contribution is 5.98. The highest BCUT2D eigenvalue weighted by Gasteiger charge is 2.14. The number of rotatable bonds is 13. The summed E-state index contributed by atoms with van der Waals surface area (Å²) in [4.78, 5) is 24.4. The van der Waals surface area contributed by atoms with Gasteiger partial charge in [0.2, 0.25) is 0 Å². The lowest BCUT2D eigenvalue weighted by Crippen LogP contribution is -2.11. The van der Waals surface area contributed by atoms with Gasteiger partial charge in [-0.15, -0.1) is 0 Å². The first-order valence-electron chi connectivity index (χ1n) is 14.7. The number of aryl methyl sites for hydroxylation is 1. The second-order valence-corrected chi connectivity index (χ2v) is 10.3. The Morgan fingerprint density at radius 3 is 2.16 bits per heavy atom. The predicted molar refractivity (Wildman–Crippen MR) is 179 cm³/mol. The van der Waals surface area contributed by atoms with Gasteiger partial charge in [-0.1, -0.05) is 66.7 Å². The Kier molecular flexibility index (Phi) is 10.4. The van der Waals surface area contributed by atoms with E-state index in [1.807, 2.05) is 115 Å². The average Bonchev–Trinajstić information content (AvgIpc) is 3.08. The standard InChI is InChI=1S/C38H34N2O5/c1-3-37(41)44-23-11-10-22-43-35-20-19-29-25-31(18-17-30(29)26-35)38(42)45-36-21-16-28(2)24-32(36)27-39-40(33-12-6-4-7-13-33)34-14-8-5-9-15-34/h3-9,12-21,24-27H,1,10-11,22-23H2,2H3/b39-27+. The smallest absolute Gasteiger partial charge is 0.343 e. The van der Waals surface area contributed by atoms with Crippen molar-refractivity contribution in [3.63, 3.8) is 0 Å². The third kappa shape index (κ3) is 8.45. The number of hydrogen-bond acceptors (Lipinski definition) is 7. The van der Waals surface area contributed by atoms with Crippen LogP contribution in [0.1, 0.15) is 34.3 Å². The van der Waals surface area contributed by atoms with E-state index in [0.29, 0.717) is 36.5 Å². The van der Waals surface area contributed by atoms with Crippen molar-refractivity contribution in [1.29, 1.82) is 0 Å². The van der Waals surface area contributed by atoms with Crippen molar-refractivity contribution in [2.24, 2.45) is 5.10 Å². The molecule has 0 spiro atoms. The molecule has 7 heteroatoms. The van der Waals surface area contributed by atoms with Crippen molar-refractivity contribution in [3.8, 4) is 11.5 Å². The van der Waals surface area contributed by atoms with E-state index in [1.54, 1.807) is 18.3 Å². The molecule has 45 heavy (non-hydrogen) atoms. The minimum atomic E-state index is -0.462. The first kappa shape index (κ1) is 30.8. The number of benzene rings is 5. The Balaban J connectivity index is 1.27. The van der Waals surface area contributed by atoms with Crippen LogP contribution in [-0.2, 0) is 9.53 Å². The number of hydrogen-bond donors (Lipinski definition) is 0. The molecule has 0 aliphatic heterocycles. The highest BCUT2D eigenvalue weighted by Crippen LogP contribution is 2.27. The summed E-state index contributed by atoms with van der Waals surface area (Å²) in [6.07, 6.45) is 4.31. The van der Waals surface area contributed by atoms with Crippen molar-refractivity contribution in [2.75, 3.05) is 18.2 Å². The fraction of sp³-hybridized carbons (Fsp3) is 0.132. The van der Waals surface area contributed by atoms with Gasteiger partial charge in [0.25, 0.3) is 0 Å². The highest BCUT2D eigenvalue weighted by atomic mass is 16.5. The molecule has 0 fully saturated rings. The van der Waals surface area contributed by atoms with E-state index >= 15 is 0 Å². The van der Waals surface area contributed by atoms with Crippen LogP contribution in [0.3, 0.4) is 0 Å². The van der Waals surface area contributed by atoms with Gasteiger partial charge in [0.15, 0.2) is 0 Å². The first-order chi connectivity index (χ1) is 22.0. The van der Waals surface area contributed by atoms with Gasteiger partial charge in [0.05, 0.1) is 36.4 Å². The first-order valence-corrected chi connectivity index (χ1v) is 14.7. The fourth-order valence-corrected chi connectivity index (χ4v) is 4.63. The maximum Gasteiger partial charge on any atom is 0.343 e. The van der Waals surface area contributed by atoms with Crippen molar-refractivity contribution in [2.45, 2.75) is 19.8 Å². The quantitative estimate of drug-likeness (QED) is 0.0338. The monoisotopic (exact) mass is 598 g/mol. The number of carbonyl (C=O) groups is 2. The molecule has 0 aromatic heterocycles. The zero-order chi connectivity index (χ0) is 31.4. The molecule has 0 saturated heterocycles. The number of esters is 2. The Hall–Kier alpha value is -5.69. The van der Waals surface area contributed by atoms with E-state index < -0.39 is 11.9 Å². The average molecular weight is 599 g/mol. The van der Waals surface area contributed by atoms with Crippen LogP contribution in [-0.4, -0.2) is 31.4 Å². The molecule has 0 heterocycles. The van der Waals surface area contributed by atoms with Gasteiger partial charge in [0, 0.05) is 11.6 Å². The van der Waals surface area contributed by atoms with E-state index in [1.165, 1.54) is 0 Å². The van der Waals surface area contributed by atoms with Gasteiger partial charge in [-0.2, -0.15) is 5.10 Å². The number of anilines is 2. The summed E-state index contributed by atoms with van der Waals surface area (Å²) in [6, 6.07) is 36.5. The van der Waals surface area contributed by atoms with Crippen LogP contribution < -0.4 is 14.5 Å². The Bertz CT molecular complexity index is 1760. The summed E-state index contributed by atoms with van der Waals surface area (Å²) >= 11 is 0. The number of unbranched alkanes of at least 4 members (excludes halogenated alkanes) is 1. The van der Waals surface area contributed by atoms with Crippen LogP contribution in [0.2, 0.25) is 0 Å². The minimum absolute atomic E-state index is 0.335. The van der Waals surface area contributed by atoms with Gasteiger partial charge < -0.3 is 14.2 Å². The van der Waals surface area contributed by atoms with Crippen LogP contribution in [0.15, 0.2) is 133 Å². The van der Waals surface area contributed by atoms with Gasteiger partial charge in [0.1, 0.15) is 11.5 Å². The second kappa shape index (κ2) is 15.2. The summed E-state index contributed by atoms with van der Waals surface area (Å²) < 4.78 is 16.7. The zero-order valence-corrected chi connectivity index (χ0v) is 25.1. The molecule has 226 valence electrons. The molecule has 7 nitrogen and oxygen atoms in total. The molecule has 5 rings (SSSR count). The summed E-state index contributed by atoms with van der Waals surface area (Å²) in [6.45, 7) is 6.20. The third-order valence-electron chi connectivity index (χ3n) is 6.95. The lowest BCUT2D eigenvalue weighted by atomic mass is 10.1. The molecule has 5 aromatic rings. The Morgan fingerprint density at radius 2 is 1.44 bits per heavy atom. The number of nitrogens with zero attached hydrogens (tertiary/aromatic N) is 2. The van der Waals surface area contributed by atoms with E-state index in [-0.39, 0.29) is 0 Å². The Morgan fingerprint density at radius 1 is 0.778 bits per heavy atom. The molecule has 0 atom stereocenters. The lowest BCUT2D eigenvalue weighted by Gasteiger charge is -2.19. The lowest BCUT2D eigenvalue weighted by molar-refractivity contribution is -0.137. The maximum atomic E-state index is 13.3. The van der Waals surface area contributed by atoms with Gasteiger partial charge in [-0.05, 0) is 91.2 Å². The zero-order valence-electron chi connectivity index (χ0n) is 25.1. The third-order valence-corrected chi connectivity index (χ3v) is 6.95. The summed E-state index contributed by atoms with van der Waals surface area (Å²) in [5.74, 6) is 0.259. The fourth-order valence-electron chi connectivity index (χ4n) is 4.63. The van der Waals surface area contributed by atoms with Crippen LogP contribution in [0.4, 0.5) is 11.4 Å². The molecule has 0 unspecified atom stereocenters. The van der Waals surface area contributed by atoms with Crippen molar-refractivity contribution >= 4 is 40.3 Å². The van der Waals surface area contributed by atoms with E-state index in [9.17, 15) is 9.59 Å². The largest absolute Gasteiger partial charge is 0.494 e. The molecule has 5 aromatic carbocycles. The van der Waals surface area contributed by atoms with Crippen LogP contribution in [0.5, 0.6) is 11.5 Å². The minimum Gasteiger partial charge on any atom is -0.494 e. The molecule has 0 N–H and O–H groups in total. The Labute approximate surface area is 263 Å². The topological polar surface area (TPSA) is 77.4 Å². The number of carbonyl (C=O) groups excluding carboxylic acids is 2. The van der Waals surface area contributed by atoms with Crippen molar-refractivity contribution < 1.29 is 23.8 Å². The van der Waals surface area contributed by atoms with E-state index in [4.69, 9.17) is 19.3 Å². The van der Waals surface area contributed by atoms with Crippen LogP contribution in [0, 0.1) is 6.92 Å². The van der Waals surface area contributed by atoms with E-state index in [0.717, 1.165) is 46.0 Å². The normalized spacial score (nSPS) is 10.9. The van der Waals surface area contributed by atoms with Crippen LogP contribution >= 0.6 is 0 Å². The molecule has 0 amide bonds. The summed E-state index contributed by atoms with van der Waals surface area (Å²) in [7, 11) is 0. The number of para-hydroxylation sites is 2. The molecule has 0 aliphatic carbocycles. The molecule has 0 aliphatic rings. The molecule has 0 radical (unpaired) electrons. The molecular formula is C38H34N2O5. The summed E-state index contributed by atoms with van der Waals surface area (Å²) in [5.41, 5.74) is 3.94. The van der Waals surface area contributed by atoms with Gasteiger partial charge >= 0.3 is 11.9 Å². The number of hydrazone groups is 1. The van der Waals surface area contributed by atoms with E-state index in [2.05, 4.69) is 6.58 Å². The predicted octanol–water partition coefficient (Wildman–Crippen LogP) is 8.43. The van der Waals surface area contributed by atoms with Crippen LogP contribution in [0.25, 0.3) is 10.8 Å². The van der Waals surface area contributed by atoms with Crippen molar-refractivity contribution in [1.82, 2.24) is 0 Å². The molecular weight excluding hydrogens is 564 g/mol. The molecule has 0 bridgehead atoms. The SMILES string of the molecule is C=CC(=O)OCCCCOc1ccc2cc(C(=O)Oc3ccc(C)cc3/C=N/N(c3ccccc3)c3ccccc3)ccc2c1. The number of ether oxygens (including phenoxy) is 3. The molecule has 0 saturated carbocycles. The summed E-state index contributed by atoms with van der Waals surface area (Å²) in [5, 5.41) is 8.47. The second-order valence-electron chi connectivity index (χ2n) is 10.3. The van der Waals surface area contributed by atoms with Gasteiger partial charge in [-0.3, -0.25) is 0 Å². The van der Waals surface area contributed by atoms with Crippen molar-refractivity contribution in [3.05, 3.63) is 145 Å². The number of fused-ring (bicyclic) bond motifs is 1. The maximum absolute atomic E-state index is 13.3.